The number of ether oxygens (including phenoxy) is 2. The normalized spacial score (nSPS) is 11.4. The molecule has 0 saturated heterocycles. The summed E-state index contributed by atoms with van der Waals surface area (Å²) in [7, 11) is 1.65. The zero-order chi connectivity index (χ0) is 12.9. The molecular weight excluding hydrogens is 216 g/mol. The molecule has 96 valence electrons. The number of rotatable bonds is 6. The van der Waals surface area contributed by atoms with Crippen molar-refractivity contribution in [3.05, 3.63) is 23.8 Å². The number of para-hydroxylation sites is 1. The van der Waals surface area contributed by atoms with E-state index >= 15 is 0 Å². The van der Waals surface area contributed by atoms with Crippen LogP contribution in [0.3, 0.4) is 0 Å². The first-order valence-corrected chi connectivity index (χ1v) is 5.93. The molecule has 0 atom stereocenters. The van der Waals surface area contributed by atoms with Crippen LogP contribution in [0, 0.1) is 5.41 Å². The fourth-order valence-corrected chi connectivity index (χ4v) is 1.77. The number of hydrogen-bond donors (Lipinski definition) is 1. The zero-order valence-corrected chi connectivity index (χ0v) is 11.1. The van der Waals surface area contributed by atoms with Crippen molar-refractivity contribution in [3.63, 3.8) is 0 Å². The van der Waals surface area contributed by atoms with Crippen molar-refractivity contribution in [2.24, 2.45) is 5.41 Å². The van der Waals surface area contributed by atoms with E-state index in [1.807, 2.05) is 39.0 Å². The standard InChI is InChI=1S/C14H22O3/c1-5-17-12-8-6-7-11(13(12)16-4)9-14(2,3)10-15/h6-8,15H,5,9-10H2,1-4H3. The Morgan fingerprint density at radius 3 is 2.53 bits per heavy atom. The Kier molecular flexibility index (Phi) is 4.82. The highest BCUT2D eigenvalue weighted by molar-refractivity contribution is 5.47. The van der Waals surface area contributed by atoms with Gasteiger partial charge in [-0.05, 0) is 30.4 Å². The van der Waals surface area contributed by atoms with Gasteiger partial charge in [0.2, 0.25) is 0 Å². The van der Waals surface area contributed by atoms with Crippen LogP contribution >= 0.6 is 0 Å². The first-order chi connectivity index (χ1) is 8.04. The smallest absolute Gasteiger partial charge is 0.163 e. The van der Waals surface area contributed by atoms with Gasteiger partial charge in [-0.3, -0.25) is 0 Å². The minimum Gasteiger partial charge on any atom is -0.493 e. The van der Waals surface area contributed by atoms with Crippen molar-refractivity contribution in [1.29, 1.82) is 0 Å². The summed E-state index contributed by atoms with van der Waals surface area (Å²) in [5, 5.41) is 9.32. The molecule has 0 heterocycles. The van der Waals surface area contributed by atoms with Gasteiger partial charge in [0.15, 0.2) is 11.5 Å². The second-order valence-corrected chi connectivity index (χ2v) is 4.88. The minimum absolute atomic E-state index is 0.148. The summed E-state index contributed by atoms with van der Waals surface area (Å²) in [6.07, 6.45) is 0.758. The number of aliphatic hydroxyl groups excluding tert-OH is 1. The van der Waals surface area contributed by atoms with Crippen LogP contribution in [-0.2, 0) is 6.42 Å². The van der Waals surface area contributed by atoms with Gasteiger partial charge in [-0.15, -0.1) is 0 Å². The molecule has 1 aromatic carbocycles. The molecule has 0 saturated carbocycles. The van der Waals surface area contributed by atoms with Crippen LogP contribution in [-0.4, -0.2) is 25.4 Å². The van der Waals surface area contributed by atoms with E-state index in [-0.39, 0.29) is 12.0 Å². The Hall–Kier alpha value is -1.22. The molecular formula is C14H22O3. The Morgan fingerprint density at radius 1 is 1.29 bits per heavy atom. The quantitative estimate of drug-likeness (QED) is 0.828. The summed E-state index contributed by atoms with van der Waals surface area (Å²) in [5.41, 5.74) is 0.912. The first-order valence-electron chi connectivity index (χ1n) is 5.93. The van der Waals surface area contributed by atoms with Crippen molar-refractivity contribution in [1.82, 2.24) is 0 Å². The van der Waals surface area contributed by atoms with Gasteiger partial charge in [0.25, 0.3) is 0 Å². The van der Waals surface area contributed by atoms with Crippen LogP contribution in [0.2, 0.25) is 0 Å². The largest absolute Gasteiger partial charge is 0.493 e. The molecule has 1 N–H and O–H groups in total. The first kappa shape index (κ1) is 13.8. The summed E-state index contributed by atoms with van der Waals surface area (Å²) in [5.74, 6) is 1.54. The summed E-state index contributed by atoms with van der Waals surface area (Å²) < 4.78 is 10.9. The van der Waals surface area contributed by atoms with Gasteiger partial charge in [0.05, 0.1) is 13.7 Å². The van der Waals surface area contributed by atoms with Crippen LogP contribution < -0.4 is 9.47 Å². The predicted octanol–water partition coefficient (Wildman–Crippen LogP) is 2.65. The van der Waals surface area contributed by atoms with Crippen molar-refractivity contribution in [2.45, 2.75) is 27.2 Å². The summed E-state index contributed by atoms with van der Waals surface area (Å²) in [4.78, 5) is 0. The van der Waals surface area contributed by atoms with Gasteiger partial charge in [0, 0.05) is 6.61 Å². The molecule has 0 unspecified atom stereocenters. The summed E-state index contributed by atoms with van der Waals surface area (Å²) >= 11 is 0. The van der Waals surface area contributed by atoms with Gasteiger partial charge >= 0.3 is 0 Å². The monoisotopic (exact) mass is 238 g/mol. The van der Waals surface area contributed by atoms with Crippen LogP contribution in [0.25, 0.3) is 0 Å². The Morgan fingerprint density at radius 2 is 2.00 bits per heavy atom. The molecule has 1 aromatic rings. The maximum atomic E-state index is 9.32. The lowest BCUT2D eigenvalue weighted by atomic mass is 9.86. The van der Waals surface area contributed by atoms with Crippen molar-refractivity contribution in [3.8, 4) is 11.5 Å². The lowest BCUT2D eigenvalue weighted by Gasteiger charge is -2.23. The molecule has 0 radical (unpaired) electrons. The molecule has 0 aliphatic heterocycles. The van der Waals surface area contributed by atoms with Crippen LogP contribution in [0.15, 0.2) is 18.2 Å². The van der Waals surface area contributed by atoms with E-state index in [4.69, 9.17) is 9.47 Å². The lowest BCUT2D eigenvalue weighted by molar-refractivity contribution is 0.158. The minimum atomic E-state index is -0.155. The highest BCUT2D eigenvalue weighted by atomic mass is 16.5. The molecule has 0 fully saturated rings. The average molecular weight is 238 g/mol. The fourth-order valence-electron chi connectivity index (χ4n) is 1.77. The SMILES string of the molecule is CCOc1cccc(CC(C)(C)CO)c1OC. The van der Waals surface area contributed by atoms with Crippen molar-refractivity contribution < 1.29 is 14.6 Å². The van der Waals surface area contributed by atoms with Crippen LogP contribution in [0.1, 0.15) is 26.3 Å². The van der Waals surface area contributed by atoms with Crippen molar-refractivity contribution >= 4 is 0 Å². The molecule has 17 heavy (non-hydrogen) atoms. The highest BCUT2D eigenvalue weighted by Crippen LogP contribution is 2.34. The molecule has 0 aliphatic rings. The molecule has 0 aliphatic carbocycles. The zero-order valence-electron chi connectivity index (χ0n) is 11.1. The van der Waals surface area contributed by atoms with Crippen LogP contribution in [0.5, 0.6) is 11.5 Å². The summed E-state index contributed by atoms with van der Waals surface area (Å²) in [6.45, 7) is 6.77. The highest BCUT2D eigenvalue weighted by Gasteiger charge is 2.21. The Balaban J connectivity index is 3.02. The topological polar surface area (TPSA) is 38.7 Å². The Labute approximate surface area is 103 Å². The van der Waals surface area contributed by atoms with E-state index in [9.17, 15) is 5.11 Å². The second-order valence-electron chi connectivity index (χ2n) is 4.88. The Bertz CT molecular complexity index is 358. The lowest BCUT2D eigenvalue weighted by Crippen LogP contribution is -2.20. The van der Waals surface area contributed by atoms with Gasteiger partial charge in [0.1, 0.15) is 0 Å². The number of hydrogen-bond acceptors (Lipinski definition) is 3. The van der Waals surface area contributed by atoms with Gasteiger partial charge in [-0.2, -0.15) is 0 Å². The summed E-state index contributed by atoms with van der Waals surface area (Å²) in [6, 6.07) is 5.87. The van der Waals surface area contributed by atoms with E-state index in [1.165, 1.54) is 0 Å². The average Bonchev–Trinajstić information content (AvgIpc) is 2.29. The molecule has 0 aromatic heterocycles. The van der Waals surface area contributed by atoms with Crippen LogP contribution in [0.4, 0.5) is 0 Å². The van der Waals surface area contributed by atoms with Gasteiger partial charge < -0.3 is 14.6 Å². The third kappa shape index (κ3) is 3.63. The molecule has 3 nitrogen and oxygen atoms in total. The maximum Gasteiger partial charge on any atom is 0.163 e. The van der Waals surface area contributed by atoms with E-state index in [0.29, 0.717) is 6.61 Å². The van der Waals surface area contributed by atoms with Gasteiger partial charge in [-0.1, -0.05) is 26.0 Å². The molecule has 0 bridgehead atoms. The second kappa shape index (κ2) is 5.92. The molecule has 3 heteroatoms. The predicted molar refractivity (Wildman–Crippen MR) is 68.7 cm³/mol. The molecule has 0 amide bonds. The van der Waals surface area contributed by atoms with E-state index < -0.39 is 0 Å². The number of benzene rings is 1. The third-order valence-electron chi connectivity index (χ3n) is 2.66. The molecule has 1 rings (SSSR count). The van der Waals surface area contributed by atoms with Crippen molar-refractivity contribution in [2.75, 3.05) is 20.3 Å². The third-order valence-corrected chi connectivity index (χ3v) is 2.66. The van der Waals surface area contributed by atoms with E-state index in [2.05, 4.69) is 0 Å². The molecule has 0 spiro atoms. The number of aliphatic hydroxyl groups is 1. The maximum absolute atomic E-state index is 9.32. The van der Waals surface area contributed by atoms with E-state index in [0.717, 1.165) is 23.5 Å². The number of methoxy groups -OCH3 is 1. The fraction of sp³-hybridized carbons (Fsp3) is 0.571. The van der Waals surface area contributed by atoms with E-state index in [1.54, 1.807) is 7.11 Å². The van der Waals surface area contributed by atoms with Gasteiger partial charge in [-0.25, -0.2) is 0 Å².